The van der Waals surface area contributed by atoms with Gasteiger partial charge in [-0.3, -0.25) is 4.79 Å². The zero-order chi connectivity index (χ0) is 38.7. The van der Waals surface area contributed by atoms with Gasteiger partial charge in [0.25, 0.3) is 0 Å². The first kappa shape index (κ1) is 52.1. The van der Waals surface area contributed by atoms with Crippen LogP contribution in [0, 0.1) is 0 Å². The number of amides is 1. The minimum absolute atomic E-state index is 0.143. The van der Waals surface area contributed by atoms with Gasteiger partial charge in [0.05, 0.1) is 18.8 Å². The van der Waals surface area contributed by atoms with Gasteiger partial charge in [0, 0.05) is 6.42 Å². The number of carbonyl (C=O) groups excluding carboxylic acids is 1. The molecular weight excluding hydrogens is 655 g/mol. The summed E-state index contributed by atoms with van der Waals surface area (Å²) in [4.78, 5) is 12.4. The minimum atomic E-state index is -1.13. The number of carbonyl (C=O) groups is 1. The predicted octanol–water partition coefficient (Wildman–Crippen LogP) is 14.0. The van der Waals surface area contributed by atoms with Crippen LogP contribution in [0.15, 0.2) is 12.2 Å². The van der Waals surface area contributed by atoms with E-state index in [-0.39, 0.29) is 12.5 Å². The molecule has 5 nitrogen and oxygen atoms in total. The normalized spacial score (nSPS) is 13.5. The molecule has 0 saturated heterocycles. The van der Waals surface area contributed by atoms with Crippen LogP contribution in [0.1, 0.15) is 264 Å². The highest BCUT2D eigenvalue weighted by molar-refractivity contribution is 5.76. The molecule has 3 atom stereocenters. The van der Waals surface area contributed by atoms with E-state index in [1.807, 2.05) is 0 Å². The standard InChI is InChI=1S/C48H95NO4/c1-3-5-7-9-11-13-14-15-16-17-18-19-20-21-22-23-24-25-26-27-28-29-30-31-32-33-35-37-39-41-43-47(52)49-45(44-50)48(53)46(51)42-40-38-36-34-12-10-8-6-4-2/h21-22,45-46,48,50-51,53H,3-20,23-44H2,1-2H3,(H,49,52)/b22-21-. The molecule has 0 radical (unpaired) electrons. The summed E-state index contributed by atoms with van der Waals surface area (Å²) in [5.41, 5.74) is 0. The SMILES string of the molecule is CCCCCCCCCCCCCC/C=C\CCCCCCCCCCCCCCCCC(=O)NC(CO)C(O)C(O)CCCCCCCCCCC. The Hall–Kier alpha value is -0.910. The van der Waals surface area contributed by atoms with E-state index >= 15 is 0 Å². The number of nitrogens with one attached hydrogen (secondary N) is 1. The number of rotatable bonds is 44. The van der Waals surface area contributed by atoms with E-state index in [2.05, 4.69) is 31.3 Å². The van der Waals surface area contributed by atoms with Crippen LogP contribution in [-0.2, 0) is 4.79 Å². The number of hydrogen-bond donors (Lipinski definition) is 4. The van der Waals surface area contributed by atoms with Crippen LogP contribution in [0.5, 0.6) is 0 Å². The molecule has 316 valence electrons. The molecule has 0 aliphatic heterocycles. The summed E-state index contributed by atoms with van der Waals surface area (Å²) in [5, 5.41) is 33.4. The summed E-state index contributed by atoms with van der Waals surface area (Å²) < 4.78 is 0. The predicted molar refractivity (Wildman–Crippen MR) is 232 cm³/mol. The maximum Gasteiger partial charge on any atom is 0.220 e. The van der Waals surface area contributed by atoms with Gasteiger partial charge in [0.2, 0.25) is 5.91 Å². The smallest absolute Gasteiger partial charge is 0.220 e. The molecule has 4 N–H and O–H groups in total. The number of hydrogen-bond acceptors (Lipinski definition) is 4. The summed E-state index contributed by atoms with van der Waals surface area (Å²) in [7, 11) is 0. The Labute approximate surface area is 331 Å². The Morgan fingerprint density at radius 1 is 0.453 bits per heavy atom. The first-order chi connectivity index (χ1) is 26.1. The van der Waals surface area contributed by atoms with Crippen LogP contribution in [-0.4, -0.2) is 46.1 Å². The Bertz CT molecular complexity index is 743. The fourth-order valence-corrected chi connectivity index (χ4v) is 7.63. The van der Waals surface area contributed by atoms with Crippen LogP contribution in [0.3, 0.4) is 0 Å². The van der Waals surface area contributed by atoms with E-state index in [1.54, 1.807) is 0 Å². The molecule has 0 spiro atoms. The third kappa shape index (κ3) is 39.1. The van der Waals surface area contributed by atoms with Crippen LogP contribution < -0.4 is 5.32 Å². The Balaban J connectivity index is 3.46. The van der Waals surface area contributed by atoms with Crippen molar-refractivity contribution in [2.45, 2.75) is 283 Å². The molecule has 0 aromatic carbocycles. The summed E-state index contributed by atoms with van der Waals surface area (Å²) >= 11 is 0. The van der Waals surface area contributed by atoms with Crippen molar-refractivity contribution >= 4 is 5.91 Å². The summed E-state index contributed by atoms with van der Waals surface area (Å²) in [5.74, 6) is -0.143. The molecular formula is C48H95NO4. The van der Waals surface area contributed by atoms with Gasteiger partial charge < -0.3 is 20.6 Å². The van der Waals surface area contributed by atoms with E-state index in [4.69, 9.17) is 0 Å². The van der Waals surface area contributed by atoms with Crippen LogP contribution in [0.25, 0.3) is 0 Å². The van der Waals surface area contributed by atoms with E-state index in [9.17, 15) is 20.1 Å². The lowest BCUT2D eigenvalue weighted by Gasteiger charge is -2.26. The fraction of sp³-hybridized carbons (Fsp3) is 0.938. The van der Waals surface area contributed by atoms with Gasteiger partial charge in [-0.25, -0.2) is 0 Å². The number of allylic oxidation sites excluding steroid dienone is 2. The number of aliphatic hydroxyl groups is 3. The average molecular weight is 750 g/mol. The summed E-state index contributed by atoms with van der Waals surface area (Å²) in [6.45, 7) is 4.17. The van der Waals surface area contributed by atoms with Crippen molar-refractivity contribution in [1.82, 2.24) is 5.32 Å². The molecule has 3 unspecified atom stereocenters. The van der Waals surface area contributed by atoms with Crippen molar-refractivity contribution in [1.29, 1.82) is 0 Å². The van der Waals surface area contributed by atoms with Gasteiger partial charge >= 0.3 is 0 Å². The largest absolute Gasteiger partial charge is 0.394 e. The first-order valence-electron chi connectivity index (χ1n) is 24.0. The van der Waals surface area contributed by atoms with Gasteiger partial charge in [-0.1, -0.05) is 231 Å². The number of unbranched alkanes of at least 4 members (excludes halogenated alkanes) is 34. The van der Waals surface area contributed by atoms with Gasteiger partial charge in [-0.05, 0) is 38.5 Å². The van der Waals surface area contributed by atoms with Crippen LogP contribution in [0.2, 0.25) is 0 Å². The molecule has 5 heteroatoms. The monoisotopic (exact) mass is 750 g/mol. The Morgan fingerprint density at radius 3 is 1.09 bits per heavy atom. The molecule has 53 heavy (non-hydrogen) atoms. The second-order valence-corrected chi connectivity index (χ2v) is 16.7. The van der Waals surface area contributed by atoms with Gasteiger partial charge in [0.15, 0.2) is 0 Å². The molecule has 0 fully saturated rings. The Morgan fingerprint density at radius 2 is 0.755 bits per heavy atom. The maximum atomic E-state index is 12.4. The van der Waals surface area contributed by atoms with E-state index in [1.165, 1.54) is 199 Å². The van der Waals surface area contributed by atoms with Gasteiger partial charge in [-0.15, -0.1) is 0 Å². The highest BCUT2D eigenvalue weighted by Gasteiger charge is 2.26. The summed E-state index contributed by atoms with van der Waals surface area (Å²) in [6, 6.07) is -0.804. The van der Waals surface area contributed by atoms with E-state index in [0.29, 0.717) is 12.8 Å². The second-order valence-electron chi connectivity index (χ2n) is 16.7. The molecule has 0 aromatic rings. The van der Waals surface area contributed by atoms with Crippen molar-refractivity contribution in [3.05, 3.63) is 12.2 Å². The van der Waals surface area contributed by atoms with E-state index < -0.39 is 18.2 Å². The van der Waals surface area contributed by atoms with Gasteiger partial charge in [-0.2, -0.15) is 0 Å². The summed E-state index contributed by atoms with van der Waals surface area (Å²) in [6.07, 6.45) is 52.1. The van der Waals surface area contributed by atoms with Crippen molar-refractivity contribution in [2.24, 2.45) is 0 Å². The molecule has 0 bridgehead atoms. The zero-order valence-electron chi connectivity index (χ0n) is 35.9. The van der Waals surface area contributed by atoms with Crippen molar-refractivity contribution in [3.63, 3.8) is 0 Å². The molecule has 0 aliphatic carbocycles. The highest BCUT2D eigenvalue weighted by Crippen LogP contribution is 2.17. The zero-order valence-corrected chi connectivity index (χ0v) is 35.9. The minimum Gasteiger partial charge on any atom is -0.394 e. The lowest BCUT2D eigenvalue weighted by Crippen LogP contribution is -2.50. The second kappa shape index (κ2) is 43.8. The van der Waals surface area contributed by atoms with Gasteiger partial charge in [0.1, 0.15) is 6.10 Å². The molecule has 0 heterocycles. The third-order valence-corrected chi connectivity index (χ3v) is 11.4. The van der Waals surface area contributed by atoms with Crippen LogP contribution >= 0.6 is 0 Å². The molecule has 0 saturated carbocycles. The lowest BCUT2D eigenvalue weighted by atomic mass is 9.99. The van der Waals surface area contributed by atoms with Crippen molar-refractivity contribution in [2.75, 3.05) is 6.61 Å². The lowest BCUT2D eigenvalue weighted by molar-refractivity contribution is -0.124. The molecule has 0 aliphatic rings. The topological polar surface area (TPSA) is 89.8 Å². The van der Waals surface area contributed by atoms with E-state index in [0.717, 1.165) is 38.5 Å². The third-order valence-electron chi connectivity index (χ3n) is 11.4. The first-order valence-corrected chi connectivity index (χ1v) is 24.0. The van der Waals surface area contributed by atoms with Crippen molar-refractivity contribution < 1.29 is 20.1 Å². The fourth-order valence-electron chi connectivity index (χ4n) is 7.63. The average Bonchev–Trinajstić information content (AvgIpc) is 3.16. The molecule has 0 rings (SSSR count). The molecule has 1 amide bonds. The Kier molecular flexibility index (Phi) is 43.1. The molecule has 0 aromatic heterocycles. The maximum absolute atomic E-state index is 12.4. The quantitative estimate of drug-likeness (QED) is 0.0369. The van der Waals surface area contributed by atoms with Crippen LogP contribution in [0.4, 0.5) is 0 Å². The van der Waals surface area contributed by atoms with Crippen molar-refractivity contribution in [3.8, 4) is 0 Å². The number of aliphatic hydroxyl groups excluding tert-OH is 3. The highest BCUT2D eigenvalue weighted by atomic mass is 16.3.